The number of aromatic nitrogens is 1. The molecule has 0 aliphatic carbocycles. The first-order valence-electron chi connectivity index (χ1n) is 5.98. The summed E-state index contributed by atoms with van der Waals surface area (Å²) in [5, 5.41) is 0.641. The molecule has 1 aromatic heterocycles. The molecule has 2 rings (SSSR count). The lowest BCUT2D eigenvalue weighted by molar-refractivity contribution is 0.105. The van der Waals surface area contributed by atoms with Gasteiger partial charge >= 0.3 is 6.09 Å². The monoisotopic (exact) mass is 269 g/mol. The summed E-state index contributed by atoms with van der Waals surface area (Å²) < 4.78 is 4.98. The first-order chi connectivity index (χ1) is 8.72. The van der Waals surface area contributed by atoms with Crippen molar-refractivity contribution in [2.24, 2.45) is 0 Å². The number of carbonyl (C=O) groups is 1. The van der Waals surface area contributed by atoms with Crippen LogP contribution in [0.15, 0.2) is 18.5 Å². The number of nitrogens with zero attached hydrogens (tertiary/aromatic N) is 3. The van der Waals surface area contributed by atoms with Crippen molar-refractivity contribution in [3.8, 4) is 0 Å². The lowest BCUT2D eigenvalue weighted by Crippen LogP contribution is -2.49. The quantitative estimate of drug-likeness (QED) is 0.824. The van der Waals surface area contributed by atoms with Gasteiger partial charge in [-0.25, -0.2) is 4.79 Å². The van der Waals surface area contributed by atoms with Crippen LogP contribution in [-0.4, -0.2) is 48.8 Å². The van der Waals surface area contributed by atoms with Crippen LogP contribution in [-0.2, 0) is 4.74 Å². The molecule has 18 heavy (non-hydrogen) atoms. The molecule has 1 aliphatic heterocycles. The Labute approximate surface area is 111 Å². The Morgan fingerprint density at radius 1 is 1.44 bits per heavy atom. The van der Waals surface area contributed by atoms with E-state index in [0.29, 0.717) is 24.7 Å². The Kier molecular flexibility index (Phi) is 4.25. The zero-order chi connectivity index (χ0) is 13.0. The van der Waals surface area contributed by atoms with Gasteiger partial charge in [-0.15, -0.1) is 0 Å². The van der Waals surface area contributed by atoms with E-state index in [2.05, 4.69) is 9.88 Å². The van der Waals surface area contributed by atoms with Crippen molar-refractivity contribution in [1.29, 1.82) is 0 Å². The largest absolute Gasteiger partial charge is 0.450 e. The molecule has 0 saturated carbocycles. The fourth-order valence-electron chi connectivity index (χ4n) is 1.97. The maximum absolute atomic E-state index is 11.6. The predicted octanol–water partition coefficient (Wildman–Crippen LogP) is 2.01. The van der Waals surface area contributed by atoms with Gasteiger partial charge in [-0.3, -0.25) is 4.98 Å². The highest BCUT2D eigenvalue weighted by molar-refractivity contribution is 6.33. The second-order valence-corrected chi connectivity index (χ2v) is 4.41. The summed E-state index contributed by atoms with van der Waals surface area (Å²) in [6.07, 6.45) is 3.12. The lowest BCUT2D eigenvalue weighted by atomic mass is 10.3. The van der Waals surface area contributed by atoms with E-state index in [1.165, 1.54) is 0 Å². The molecule has 6 heteroatoms. The Morgan fingerprint density at radius 2 is 2.17 bits per heavy atom. The highest BCUT2D eigenvalue weighted by Crippen LogP contribution is 2.25. The smallest absolute Gasteiger partial charge is 0.409 e. The third-order valence-electron chi connectivity index (χ3n) is 2.90. The van der Waals surface area contributed by atoms with Gasteiger partial charge in [0.15, 0.2) is 0 Å². The summed E-state index contributed by atoms with van der Waals surface area (Å²) in [6, 6.07) is 1.89. The number of pyridine rings is 1. The maximum Gasteiger partial charge on any atom is 0.409 e. The molecule has 0 bridgehead atoms. The van der Waals surface area contributed by atoms with E-state index in [9.17, 15) is 4.79 Å². The third-order valence-corrected chi connectivity index (χ3v) is 3.19. The molecule has 0 N–H and O–H groups in total. The summed E-state index contributed by atoms with van der Waals surface area (Å²) in [7, 11) is 0. The second-order valence-electron chi connectivity index (χ2n) is 4.00. The first-order valence-corrected chi connectivity index (χ1v) is 6.36. The Bertz CT molecular complexity index is 420. The van der Waals surface area contributed by atoms with E-state index >= 15 is 0 Å². The molecule has 0 radical (unpaired) electrons. The molecule has 1 saturated heterocycles. The van der Waals surface area contributed by atoms with Crippen molar-refractivity contribution in [3.63, 3.8) is 0 Å². The number of carbonyl (C=O) groups excluding carboxylic acids is 1. The van der Waals surface area contributed by atoms with Crippen LogP contribution >= 0.6 is 11.6 Å². The van der Waals surface area contributed by atoms with E-state index in [1.54, 1.807) is 17.3 Å². The van der Waals surface area contributed by atoms with Gasteiger partial charge < -0.3 is 14.5 Å². The third kappa shape index (κ3) is 2.85. The van der Waals surface area contributed by atoms with Crippen LogP contribution in [0.3, 0.4) is 0 Å². The predicted molar refractivity (Wildman–Crippen MR) is 70.1 cm³/mol. The van der Waals surface area contributed by atoms with Crippen LogP contribution in [0.5, 0.6) is 0 Å². The summed E-state index contributed by atoms with van der Waals surface area (Å²) in [4.78, 5) is 19.4. The molecular weight excluding hydrogens is 254 g/mol. The zero-order valence-corrected chi connectivity index (χ0v) is 11.1. The van der Waals surface area contributed by atoms with E-state index in [1.807, 2.05) is 13.0 Å². The highest BCUT2D eigenvalue weighted by Gasteiger charge is 2.22. The van der Waals surface area contributed by atoms with Gasteiger partial charge in [0.1, 0.15) is 0 Å². The molecule has 98 valence electrons. The van der Waals surface area contributed by atoms with Crippen LogP contribution in [0.4, 0.5) is 10.5 Å². The molecule has 0 aromatic carbocycles. The number of anilines is 1. The van der Waals surface area contributed by atoms with Gasteiger partial charge in [-0.1, -0.05) is 11.6 Å². The highest BCUT2D eigenvalue weighted by atomic mass is 35.5. The van der Waals surface area contributed by atoms with Gasteiger partial charge in [-0.05, 0) is 13.0 Å². The van der Waals surface area contributed by atoms with Crippen molar-refractivity contribution in [1.82, 2.24) is 9.88 Å². The summed E-state index contributed by atoms with van der Waals surface area (Å²) in [5.74, 6) is 0. The summed E-state index contributed by atoms with van der Waals surface area (Å²) in [5.41, 5.74) is 0.968. The first kappa shape index (κ1) is 13.0. The Balaban J connectivity index is 1.95. The number of amides is 1. The Morgan fingerprint density at radius 3 is 2.78 bits per heavy atom. The molecule has 0 atom stereocenters. The van der Waals surface area contributed by atoms with E-state index in [-0.39, 0.29) is 6.09 Å². The summed E-state index contributed by atoms with van der Waals surface area (Å²) >= 11 is 6.10. The normalized spacial score (nSPS) is 15.7. The number of rotatable bonds is 2. The van der Waals surface area contributed by atoms with Crippen molar-refractivity contribution in [3.05, 3.63) is 23.5 Å². The van der Waals surface area contributed by atoms with Crippen molar-refractivity contribution < 1.29 is 9.53 Å². The molecular formula is C12H16ClN3O2. The minimum Gasteiger partial charge on any atom is -0.450 e. The maximum atomic E-state index is 11.6. The number of ether oxygens (including phenoxy) is 1. The molecule has 0 spiro atoms. The molecule has 1 amide bonds. The lowest BCUT2D eigenvalue weighted by Gasteiger charge is -2.35. The summed E-state index contributed by atoms with van der Waals surface area (Å²) in [6.45, 7) is 5.03. The second kappa shape index (κ2) is 5.91. The average Bonchev–Trinajstić information content (AvgIpc) is 2.40. The van der Waals surface area contributed by atoms with E-state index < -0.39 is 0 Å². The van der Waals surface area contributed by atoms with Crippen molar-refractivity contribution in [2.45, 2.75) is 6.92 Å². The minimum absolute atomic E-state index is 0.238. The number of hydrogen-bond acceptors (Lipinski definition) is 4. The van der Waals surface area contributed by atoms with Crippen LogP contribution < -0.4 is 4.90 Å². The standard InChI is InChI=1S/C12H16ClN3O2/c1-2-18-12(17)16-7-5-15(6-8-16)11-3-4-14-9-10(11)13/h3-4,9H,2,5-8H2,1H3. The van der Waals surface area contributed by atoms with Crippen LogP contribution in [0, 0.1) is 0 Å². The molecule has 1 aromatic rings. The Hall–Kier alpha value is -1.49. The van der Waals surface area contributed by atoms with E-state index in [0.717, 1.165) is 18.8 Å². The molecule has 1 aliphatic rings. The molecule has 5 nitrogen and oxygen atoms in total. The van der Waals surface area contributed by atoms with Crippen LogP contribution in [0.25, 0.3) is 0 Å². The molecule has 0 unspecified atom stereocenters. The fraction of sp³-hybridized carbons (Fsp3) is 0.500. The number of halogens is 1. The SMILES string of the molecule is CCOC(=O)N1CCN(c2ccncc2Cl)CC1. The average molecular weight is 270 g/mol. The van der Waals surface area contributed by atoms with Crippen molar-refractivity contribution >= 4 is 23.4 Å². The zero-order valence-electron chi connectivity index (χ0n) is 10.3. The topological polar surface area (TPSA) is 45.7 Å². The van der Waals surface area contributed by atoms with Crippen molar-refractivity contribution in [2.75, 3.05) is 37.7 Å². The van der Waals surface area contributed by atoms with Gasteiger partial charge in [0.2, 0.25) is 0 Å². The van der Waals surface area contributed by atoms with Crippen LogP contribution in [0.1, 0.15) is 6.92 Å². The van der Waals surface area contributed by atoms with Gasteiger partial charge in [-0.2, -0.15) is 0 Å². The van der Waals surface area contributed by atoms with Gasteiger partial charge in [0.05, 0.1) is 17.3 Å². The van der Waals surface area contributed by atoms with Gasteiger partial charge in [0, 0.05) is 38.6 Å². The molecule has 1 fully saturated rings. The molecule has 2 heterocycles. The van der Waals surface area contributed by atoms with Crippen LogP contribution in [0.2, 0.25) is 5.02 Å². The van der Waals surface area contributed by atoms with Gasteiger partial charge in [0.25, 0.3) is 0 Å². The number of piperazine rings is 1. The minimum atomic E-state index is -0.238. The fourth-order valence-corrected chi connectivity index (χ4v) is 2.21. The van der Waals surface area contributed by atoms with E-state index in [4.69, 9.17) is 16.3 Å². The number of hydrogen-bond donors (Lipinski definition) is 0.